The summed E-state index contributed by atoms with van der Waals surface area (Å²) in [5.74, 6) is -2.04. The number of carboxylic acid groups (broad SMARTS) is 1. The largest absolute Gasteiger partial charge is 0.493 e. The van der Waals surface area contributed by atoms with Crippen LogP contribution in [0.2, 0.25) is 10.0 Å². The first-order chi connectivity index (χ1) is 23.5. The minimum Gasteiger partial charge on any atom is -0.493 e. The Labute approximate surface area is 293 Å². The van der Waals surface area contributed by atoms with Crippen LogP contribution in [0.3, 0.4) is 0 Å². The van der Waals surface area contributed by atoms with Crippen molar-refractivity contribution < 1.29 is 28.6 Å². The summed E-state index contributed by atoms with van der Waals surface area (Å²) >= 11 is 13.6. The Hall–Kier alpha value is -4.16. The van der Waals surface area contributed by atoms with Gasteiger partial charge in [-0.25, -0.2) is 4.98 Å². The summed E-state index contributed by atoms with van der Waals surface area (Å²) in [5, 5.41) is 12.7. The number of benzene rings is 3. The van der Waals surface area contributed by atoms with Crippen molar-refractivity contribution >= 4 is 40.8 Å². The Morgan fingerprint density at radius 2 is 1.84 bits per heavy atom. The third-order valence-electron chi connectivity index (χ3n) is 9.78. The van der Waals surface area contributed by atoms with Gasteiger partial charge in [-0.3, -0.25) is 14.5 Å². The van der Waals surface area contributed by atoms with E-state index in [2.05, 4.69) is 15.2 Å². The number of likely N-dealkylation sites (N-methyl/N-ethyl adjacent to an activating group) is 1. The third-order valence-corrected chi connectivity index (χ3v) is 10.5. The predicted molar refractivity (Wildman–Crippen MR) is 184 cm³/mol. The van der Waals surface area contributed by atoms with Crippen molar-refractivity contribution in [1.82, 2.24) is 19.4 Å². The van der Waals surface area contributed by atoms with Crippen molar-refractivity contribution in [2.24, 2.45) is 13.0 Å². The number of hydrogen-bond donors (Lipinski definition) is 2. The van der Waals surface area contributed by atoms with Crippen LogP contribution in [0.25, 0.3) is 11.1 Å². The van der Waals surface area contributed by atoms with Crippen LogP contribution >= 0.6 is 23.2 Å². The average Bonchev–Trinajstić information content (AvgIpc) is 3.61. The molecule has 1 atom stereocenters. The molecule has 4 aromatic rings. The molecule has 1 amide bonds. The number of nitrogens with zero attached hydrogens (tertiary/aromatic N) is 4. The van der Waals surface area contributed by atoms with Gasteiger partial charge in [0.25, 0.3) is 5.91 Å². The van der Waals surface area contributed by atoms with Gasteiger partial charge in [-0.1, -0.05) is 53.5 Å². The second-order valence-electron chi connectivity index (χ2n) is 12.9. The summed E-state index contributed by atoms with van der Waals surface area (Å²) in [7, 11) is 5.29. The number of anilines is 1. The van der Waals surface area contributed by atoms with E-state index in [-0.39, 0.29) is 22.4 Å². The highest BCUT2D eigenvalue weighted by molar-refractivity contribution is 6.36. The number of carboxylic acids is 1. The van der Waals surface area contributed by atoms with Gasteiger partial charge in [0.05, 0.1) is 34.5 Å². The Balaban J connectivity index is 1.12. The first kappa shape index (κ1) is 33.3. The molecule has 7 rings (SSSR count). The molecule has 2 N–H and O–H groups in total. The molecule has 49 heavy (non-hydrogen) atoms. The first-order valence-electron chi connectivity index (χ1n) is 16.2. The number of likely N-dealkylation sites (tertiary alicyclic amines) is 1. The molecule has 3 heterocycles. The lowest BCUT2D eigenvalue weighted by molar-refractivity contribution is -0.147. The van der Waals surface area contributed by atoms with Crippen molar-refractivity contribution in [1.29, 1.82) is 0 Å². The first-order valence-corrected chi connectivity index (χ1v) is 16.9. The predicted octanol–water partition coefficient (Wildman–Crippen LogP) is 6.36. The highest BCUT2D eigenvalue weighted by atomic mass is 35.5. The lowest BCUT2D eigenvalue weighted by Gasteiger charge is -2.37. The summed E-state index contributed by atoms with van der Waals surface area (Å²) in [6.07, 6.45) is 1.60. The van der Waals surface area contributed by atoms with Gasteiger partial charge in [0.1, 0.15) is 6.10 Å². The number of nitrogens with one attached hydrogen (secondary N) is 1. The van der Waals surface area contributed by atoms with E-state index < -0.39 is 23.8 Å². The number of aliphatic carboxylic acids is 1. The molecule has 0 spiro atoms. The zero-order valence-corrected chi connectivity index (χ0v) is 28.9. The van der Waals surface area contributed by atoms with Crippen molar-refractivity contribution in [2.75, 3.05) is 39.1 Å². The molecule has 10 nitrogen and oxygen atoms in total. The highest BCUT2D eigenvalue weighted by Gasteiger charge is 2.35. The Morgan fingerprint density at radius 3 is 2.59 bits per heavy atom. The molecule has 1 fully saturated rings. The van der Waals surface area contributed by atoms with Crippen molar-refractivity contribution in [3.8, 4) is 22.6 Å². The number of methoxy groups -OCH3 is 1. The van der Waals surface area contributed by atoms with Gasteiger partial charge in [-0.2, -0.15) is 4.39 Å². The van der Waals surface area contributed by atoms with E-state index in [4.69, 9.17) is 32.7 Å². The lowest BCUT2D eigenvalue weighted by atomic mass is 9.96. The summed E-state index contributed by atoms with van der Waals surface area (Å²) in [6, 6.07) is 13.0. The SMILES string of the molecule is COc1c(CN2CC(C(=O)O)C2)cc(Cl)c(OC2CCc3c(-c4cccc(NC(=O)c5nc6c(n5C)CCN(C)C6)c4Cl)cccc32)c1F. The topological polar surface area (TPSA) is 109 Å². The van der Waals surface area contributed by atoms with E-state index >= 15 is 4.39 Å². The average molecular weight is 709 g/mol. The molecule has 1 aliphatic carbocycles. The van der Waals surface area contributed by atoms with Gasteiger partial charge in [-0.05, 0) is 48.7 Å². The van der Waals surface area contributed by atoms with Crippen molar-refractivity contribution in [3.63, 3.8) is 0 Å². The minimum atomic E-state index is -0.843. The molecule has 13 heteroatoms. The highest BCUT2D eigenvalue weighted by Crippen LogP contribution is 2.46. The molecule has 1 aromatic heterocycles. The van der Waals surface area contributed by atoms with E-state index in [1.54, 1.807) is 12.1 Å². The molecule has 1 saturated heterocycles. The van der Waals surface area contributed by atoms with Crippen molar-refractivity contribution in [3.05, 3.63) is 92.2 Å². The van der Waals surface area contributed by atoms with Gasteiger partial charge < -0.3 is 29.4 Å². The molecule has 1 unspecified atom stereocenters. The molecule has 3 aromatic carbocycles. The van der Waals surface area contributed by atoms with E-state index in [1.807, 2.05) is 53.9 Å². The Kier molecular flexibility index (Phi) is 9.04. The fourth-order valence-corrected chi connectivity index (χ4v) is 7.72. The van der Waals surface area contributed by atoms with Gasteiger partial charge in [0.15, 0.2) is 17.3 Å². The summed E-state index contributed by atoms with van der Waals surface area (Å²) in [5.41, 5.74) is 6.54. The number of rotatable bonds is 9. The molecule has 0 saturated carbocycles. The maximum Gasteiger partial charge on any atom is 0.309 e. The monoisotopic (exact) mass is 707 g/mol. The Morgan fingerprint density at radius 1 is 1.08 bits per heavy atom. The van der Waals surface area contributed by atoms with Crippen LogP contribution in [-0.2, 0) is 37.8 Å². The number of ether oxygens (including phenoxy) is 2. The second-order valence-corrected chi connectivity index (χ2v) is 13.7. The maximum absolute atomic E-state index is 15.9. The van der Waals surface area contributed by atoms with E-state index in [1.165, 1.54) is 7.11 Å². The van der Waals surface area contributed by atoms with Crippen LogP contribution in [-0.4, -0.2) is 70.1 Å². The molecular formula is C36H36Cl2FN5O5. The number of imidazole rings is 1. The summed E-state index contributed by atoms with van der Waals surface area (Å²) < 4.78 is 29.4. The number of carbonyl (C=O) groups is 2. The number of hydrogen-bond acceptors (Lipinski definition) is 7. The summed E-state index contributed by atoms with van der Waals surface area (Å²) in [6.45, 7) is 2.67. The van der Waals surface area contributed by atoms with Crippen LogP contribution in [0.1, 0.15) is 51.2 Å². The fraction of sp³-hybridized carbons (Fsp3) is 0.361. The van der Waals surface area contributed by atoms with Crippen LogP contribution in [0, 0.1) is 11.7 Å². The van der Waals surface area contributed by atoms with Crippen LogP contribution in [0.15, 0.2) is 42.5 Å². The third kappa shape index (κ3) is 6.14. The standard InChI is InChI=1S/C36H36Cl2FN5O5/c1-42-13-12-28-27(18-42)40-34(43(28)2)35(45)41-26-9-5-8-24(30(26)38)21-6-4-7-23-22(21)10-11-29(23)49-33-25(37)14-19(32(48-3)31(33)39)15-44-16-20(17-44)36(46)47/h4-9,14,20,29H,10-13,15-18H2,1-3H3,(H,41,45)(H,46,47). The zero-order valence-electron chi connectivity index (χ0n) is 27.4. The number of aromatic nitrogens is 2. The van der Waals surface area contributed by atoms with Gasteiger partial charge >= 0.3 is 5.97 Å². The van der Waals surface area contributed by atoms with Crippen molar-refractivity contribution in [2.45, 2.75) is 38.5 Å². The smallest absolute Gasteiger partial charge is 0.309 e. The van der Waals surface area contributed by atoms with Gasteiger partial charge in [0.2, 0.25) is 5.82 Å². The van der Waals surface area contributed by atoms with Crippen LogP contribution in [0.4, 0.5) is 10.1 Å². The number of fused-ring (bicyclic) bond motifs is 2. The van der Waals surface area contributed by atoms with E-state index in [0.29, 0.717) is 61.1 Å². The summed E-state index contributed by atoms with van der Waals surface area (Å²) in [4.78, 5) is 33.3. The molecular weight excluding hydrogens is 672 g/mol. The van der Waals surface area contributed by atoms with Gasteiger partial charge in [-0.15, -0.1) is 0 Å². The normalized spacial score (nSPS) is 17.7. The Bertz CT molecular complexity index is 1980. The number of carbonyl (C=O) groups excluding carboxylic acids is 1. The quantitative estimate of drug-likeness (QED) is 0.207. The van der Waals surface area contributed by atoms with Crippen LogP contribution < -0.4 is 14.8 Å². The van der Waals surface area contributed by atoms with Crippen LogP contribution in [0.5, 0.6) is 11.5 Å². The zero-order chi connectivity index (χ0) is 34.6. The second kappa shape index (κ2) is 13.3. The van der Waals surface area contributed by atoms with Gasteiger partial charge in [0, 0.05) is 63.0 Å². The molecule has 3 aliphatic rings. The number of halogens is 3. The maximum atomic E-state index is 15.9. The van der Waals surface area contributed by atoms with E-state index in [9.17, 15) is 14.7 Å². The molecule has 0 radical (unpaired) electrons. The molecule has 0 bridgehead atoms. The number of amides is 1. The lowest BCUT2D eigenvalue weighted by Crippen LogP contribution is -2.49. The molecule has 256 valence electrons. The fourth-order valence-electron chi connectivity index (χ4n) is 7.19. The van der Waals surface area contributed by atoms with E-state index in [0.717, 1.165) is 46.6 Å². The minimum absolute atomic E-state index is 0.0221. The molecule has 2 aliphatic heterocycles.